The topological polar surface area (TPSA) is 100 Å². The summed E-state index contributed by atoms with van der Waals surface area (Å²) in [5, 5.41) is 18.6. The van der Waals surface area contributed by atoms with Crippen LogP contribution in [-0.4, -0.2) is 62.9 Å². The fourth-order valence-electron chi connectivity index (χ4n) is 6.12. The number of ether oxygens (including phenoxy) is 2. The number of carbonyl (C=O) groups is 2. The van der Waals surface area contributed by atoms with Crippen LogP contribution in [0.15, 0.2) is 60.7 Å². The first-order chi connectivity index (χ1) is 21.9. The average molecular weight is 662 g/mol. The highest BCUT2D eigenvalue weighted by atomic mass is 35.5. The summed E-state index contributed by atoms with van der Waals surface area (Å²) in [4.78, 5) is 27.0. The van der Waals surface area contributed by atoms with Gasteiger partial charge in [-0.05, 0) is 80.3 Å². The van der Waals surface area contributed by atoms with E-state index in [4.69, 9.17) is 16.3 Å². The number of nitrogens with one attached hydrogen (secondary N) is 2. The molecule has 3 aromatic rings. The number of carbonyl (C=O) groups excluding carboxylic acids is 2. The molecule has 0 spiro atoms. The minimum atomic E-state index is -4.63. The number of piperidine rings is 1. The fourth-order valence-corrected chi connectivity index (χ4v) is 6.40. The monoisotopic (exact) mass is 661 g/mol. The van der Waals surface area contributed by atoms with Crippen molar-refractivity contribution in [2.75, 3.05) is 40.9 Å². The second-order valence-corrected chi connectivity index (χ2v) is 11.7. The van der Waals surface area contributed by atoms with E-state index in [9.17, 15) is 27.9 Å². The number of hydrogen-bond donors (Lipinski definition) is 3. The Morgan fingerprint density at radius 2 is 1.83 bits per heavy atom. The number of amides is 2. The molecule has 1 aliphatic rings. The summed E-state index contributed by atoms with van der Waals surface area (Å²) in [6, 6.07) is 15.3. The quantitative estimate of drug-likeness (QED) is 0.200. The molecule has 0 aromatic heterocycles. The van der Waals surface area contributed by atoms with Crippen molar-refractivity contribution in [3.05, 3.63) is 87.9 Å². The highest BCUT2D eigenvalue weighted by Gasteiger charge is 2.43. The van der Waals surface area contributed by atoms with Crippen molar-refractivity contribution in [2.24, 2.45) is 5.92 Å². The highest BCUT2D eigenvalue weighted by Crippen LogP contribution is 2.48. The van der Waals surface area contributed by atoms with E-state index in [2.05, 4.69) is 15.4 Å². The molecule has 1 aliphatic heterocycles. The molecule has 0 unspecified atom stereocenters. The molecule has 1 heterocycles. The van der Waals surface area contributed by atoms with Crippen LogP contribution >= 0.6 is 11.6 Å². The van der Waals surface area contributed by atoms with Crippen LogP contribution in [0.4, 0.5) is 18.0 Å². The Morgan fingerprint density at radius 3 is 2.48 bits per heavy atom. The van der Waals surface area contributed by atoms with Crippen LogP contribution in [0, 0.1) is 5.92 Å². The van der Waals surface area contributed by atoms with Crippen molar-refractivity contribution in [1.29, 1.82) is 0 Å². The number of aliphatic hydroxyl groups is 1. The van der Waals surface area contributed by atoms with Crippen molar-refractivity contribution in [1.82, 2.24) is 15.5 Å². The molecule has 4 rings (SSSR count). The molecular weight excluding hydrogens is 623 g/mol. The van der Waals surface area contributed by atoms with Gasteiger partial charge in [-0.1, -0.05) is 35.9 Å². The van der Waals surface area contributed by atoms with Crippen LogP contribution in [0.25, 0.3) is 11.1 Å². The lowest BCUT2D eigenvalue weighted by molar-refractivity contribution is -0.137. The molecular formula is C34H39ClF3N3O5. The number of methoxy groups -OCH3 is 2. The fraction of sp³-hybridized carbons (Fsp3) is 0.412. The Bertz CT molecular complexity index is 1520. The lowest BCUT2D eigenvalue weighted by Gasteiger charge is -2.44. The number of alkyl halides is 3. The van der Waals surface area contributed by atoms with Gasteiger partial charge in [0.25, 0.3) is 5.91 Å². The van der Waals surface area contributed by atoms with Gasteiger partial charge in [-0.2, -0.15) is 13.2 Å². The summed E-state index contributed by atoms with van der Waals surface area (Å²) >= 11 is 6.73. The Kier molecular flexibility index (Phi) is 11.6. The smallest absolute Gasteiger partial charge is 0.416 e. The number of benzene rings is 3. The first kappa shape index (κ1) is 35.1. The maximum atomic E-state index is 13.9. The van der Waals surface area contributed by atoms with Gasteiger partial charge in [0, 0.05) is 53.8 Å². The van der Waals surface area contributed by atoms with Gasteiger partial charge in [-0.15, -0.1) is 0 Å². The van der Waals surface area contributed by atoms with Crippen LogP contribution in [-0.2, 0) is 23.1 Å². The van der Waals surface area contributed by atoms with Gasteiger partial charge < -0.3 is 30.1 Å². The molecule has 1 fully saturated rings. The third-order valence-corrected chi connectivity index (χ3v) is 8.75. The predicted octanol–water partition coefficient (Wildman–Crippen LogP) is 6.63. The van der Waals surface area contributed by atoms with Crippen LogP contribution in [0.3, 0.4) is 0 Å². The summed E-state index contributed by atoms with van der Waals surface area (Å²) in [6.45, 7) is 1.52. The summed E-state index contributed by atoms with van der Waals surface area (Å²) in [5.41, 5.74) is -0.407. The zero-order valence-corrected chi connectivity index (χ0v) is 26.8. The van der Waals surface area contributed by atoms with E-state index in [1.807, 2.05) is 19.2 Å². The van der Waals surface area contributed by atoms with Gasteiger partial charge in [0.15, 0.2) is 0 Å². The van der Waals surface area contributed by atoms with E-state index in [0.29, 0.717) is 43.5 Å². The molecule has 2 atom stereocenters. The normalized spacial score (nSPS) is 16.4. The first-order valence-electron chi connectivity index (χ1n) is 15.0. The van der Waals surface area contributed by atoms with Crippen molar-refractivity contribution in [3.63, 3.8) is 0 Å². The molecule has 3 aromatic carbocycles. The molecule has 0 aliphatic carbocycles. The molecule has 1 saturated heterocycles. The van der Waals surface area contributed by atoms with Crippen LogP contribution in [0.2, 0.25) is 5.02 Å². The summed E-state index contributed by atoms with van der Waals surface area (Å²) in [6.07, 6.45) is -3.72. The minimum Gasteiger partial charge on any atom is -0.496 e. The van der Waals surface area contributed by atoms with Crippen molar-refractivity contribution >= 4 is 23.6 Å². The second kappa shape index (κ2) is 15.2. The van der Waals surface area contributed by atoms with Gasteiger partial charge in [0.05, 0.1) is 25.4 Å². The summed E-state index contributed by atoms with van der Waals surface area (Å²) in [5.74, 6) is -0.540. The van der Waals surface area contributed by atoms with Crippen molar-refractivity contribution < 1.29 is 37.3 Å². The second-order valence-electron chi connectivity index (χ2n) is 11.3. The highest BCUT2D eigenvalue weighted by molar-refractivity contribution is 6.33. The van der Waals surface area contributed by atoms with Gasteiger partial charge in [-0.25, -0.2) is 4.79 Å². The predicted molar refractivity (Wildman–Crippen MR) is 170 cm³/mol. The maximum absolute atomic E-state index is 13.9. The third-order valence-electron chi connectivity index (χ3n) is 8.43. The number of hydrogen-bond acceptors (Lipinski definition) is 6. The molecule has 8 nitrogen and oxygen atoms in total. The molecule has 0 saturated carbocycles. The molecule has 46 heavy (non-hydrogen) atoms. The van der Waals surface area contributed by atoms with E-state index in [1.54, 1.807) is 35.2 Å². The Labute approximate surface area is 271 Å². The van der Waals surface area contributed by atoms with E-state index in [-0.39, 0.29) is 47.3 Å². The van der Waals surface area contributed by atoms with Gasteiger partial charge in [-0.3, -0.25) is 4.79 Å². The van der Waals surface area contributed by atoms with Gasteiger partial charge in [0.1, 0.15) is 5.75 Å². The maximum Gasteiger partial charge on any atom is 0.416 e. The molecule has 3 N–H and O–H groups in total. The number of alkyl carbamates (subject to hydrolysis) is 1. The lowest BCUT2D eigenvalue weighted by Crippen LogP contribution is -2.48. The SMILES string of the molecule is CNCc1ccc(C(=O)N2CCC[C@@H]([C@@](O)(CCCNC(=O)OC)c3cccc(Cl)c3-c3cc(C(F)(F)F)ccc3OC)C2)cc1. The zero-order valence-electron chi connectivity index (χ0n) is 26.0. The molecule has 248 valence electrons. The number of likely N-dealkylation sites (tertiary alicyclic amines) is 1. The number of nitrogens with zero attached hydrogens (tertiary/aromatic N) is 1. The summed E-state index contributed by atoms with van der Waals surface area (Å²) in [7, 11) is 4.44. The average Bonchev–Trinajstić information content (AvgIpc) is 3.06. The largest absolute Gasteiger partial charge is 0.496 e. The number of rotatable bonds is 11. The zero-order chi connectivity index (χ0) is 33.5. The number of halogens is 4. The van der Waals surface area contributed by atoms with Crippen molar-refractivity contribution in [2.45, 2.75) is 44.0 Å². The third kappa shape index (κ3) is 7.94. The Hall–Kier alpha value is -3.80. The van der Waals surface area contributed by atoms with Crippen LogP contribution in [0.1, 0.15) is 52.7 Å². The van der Waals surface area contributed by atoms with Crippen LogP contribution < -0.4 is 15.4 Å². The van der Waals surface area contributed by atoms with Gasteiger partial charge in [0.2, 0.25) is 0 Å². The lowest BCUT2D eigenvalue weighted by atomic mass is 9.72. The van der Waals surface area contributed by atoms with Crippen molar-refractivity contribution in [3.8, 4) is 16.9 Å². The molecule has 0 radical (unpaired) electrons. The standard InChI is InChI=1S/C34H39ClF3N3O5/c1-39-20-22-10-12-23(13-11-22)31(42)41-18-5-7-25(21-41)33(44,16-6-17-40-32(43)46-3)27-8-4-9-28(35)30(27)26-19-24(34(36,37)38)14-15-29(26)45-2/h4,8-15,19,25,39,44H,5-7,16-18,20-21H2,1-3H3,(H,40,43)/t25-,33+/m1/s1. The molecule has 0 bridgehead atoms. The van der Waals surface area contributed by atoms with E-state index >= 15 is 0 Å². The van der Waals surface area contributed by atoms with E-state index in [0.717, 1.165) is 17.7 Å². The Morgan fingerprint density at radius 1 is 1.09 bits per heavy atom. The summed E-state index contributed by atoms with van der Waals surface area (Å²) < 4.78 is 51.7. The molecule has 2 amide bonds. The minimum absolute atomic E-state index is 0.0782. The first-order valence-corrected chi connectivity index (χ1v) is 15.4. The van der Waals surface area contributed by atoms with E-state index in [1.165, 1.54) is 20.3 Å². The van der Waals surface area contributed by atoms with Crippen LogP contribution in [0.5, 0.6) is 5.75 Å². The molecule has 12 heteroatoms. The van der Waals surface area contributed by atoms with Gasteiger partial charge >= 0.3 is 12.3 Å². The van der Waals surface area contributed by atoms with E-state index < -0.39 is 29.4 Å². The Balaban J connectivity index is 1.77.